The standard InChI is InChI=1S/C27H25F2N5O3/c28-18-3-7-22-24(13-18)30-31-27(22)34-11-9-33(10-12-34)15-20(35)16-36-21-5-1-17(2-6-21)26-23-8-4-19(29)14-25(23)37-32-26/h1-8,13-14,20,35H,9-12,15-16H2,(H,30,31). The fourth-order valence-corrected chi connectivity index (χ4v) is 4.73. The number of benzene rings is 3. The molecule has 1 saturated heterocycles. The van der Waals surface area contributed by atoms with Crippen LogP contribution in [0.15, 0.2) is 65.2 Å². The molecule has 37 heavy (non-hydrogen) atoms. The number of hydrogen-bond acceptors (Lipinski definition) is 7. The highest BCUT2D eigenvalue weighted by atomic mass is 19.1. The van der Waals surface area contributed by atoms with E-state index in [2.05, 4.69) is 25.2 Å². The minimum absolute atomic E-state index is 0.168. The quantitative estimate of drug-likeness (QED) is 0.342. The van der Waals surface area contributed by atoms with Crippen molar-refractivity contribution in [3.63, 3.8) is 0 Å². The number of fused-ring (bicyclic) bond motifs is 2. The Labute approximate surface area is 211 Å². The van der Waals surface area contributed by atoms with E-state index in [0.717, 1.165) is 48.3 Å². The third-order valence-corrected chi connectivity index (χ3v) is 6.65. The maximum absolute atomic E-state index is 13.5. The fraction of sp³-hybridized carbons (Fsp3) is 0.259. The predicted molar refractivity (Wildman–Crippen MR) is 136 cm³/mol. The summed E-state index contributed by atoms with van der Waals surface area (Å²) in [7, 11) is 0. The average molecular weight is 506 g/mol. The summed E-state index contributed by atoms with van der Waals surface area (Å²) in [5, 5.41) is 23.5. The van der Waals surface area contributed by atoms with Crippen LogP contribution in [0.2, 0.25) is 0 Å². The van der Waals surface area contributed by atoms with Gasteiger partial charge in [-0.15, -0.1) is 0 Å². The van der Waals surface area contributed by atoms with Crippen molar-refractivity contribution in [3.8, 4) is 17.0 Å². The van der Waals surface area contributed by atoms with Crippen LogP contribution in [0.25, 0.3) is 33.1 Å². The Bertz CT molecular complexity index is 1530. The van der Waals surface area contributed by atoms with Gasteiger partial charge in [-0.1, -0.05) is 5.16 Å². The lowest BCUT2D eigenvalue weighted by molar-refractivity contribution is 0.0663. The van der Waals surface area contributed by atoms with E-state index < -0.39 is 6.10 Å². The summed E-state index contributed by atoms with van der Waals surface area (Å²) in [5.74, 6) is 0.797. The summed E-state index contributed by atoms with van der Waals surface area (Å²) in [4.78, 5) is 4.37. The third-order valence-electron chi connectivity index (χ3n) is 6.65. The molecule has 5 aromatic rings. The number of nitrogens with zero attached hydrogens (tertiary/aromatic N) is 4. The first-order chi connectivity index (χ1) is 18.0. The first kappa shape index (κ1) is 23.4. The highest BCUT2D eigenvalue weighted by molar-refractivity contribution is 5.91. The van der Waals surface area contributed by atoms with Gasteiger partial charge in [-0.05, 0) is 54.6 Å². The maximum Gasteiger partial charge on any atom is 0.170 e. The molecule has 2 N–H and O–H groups in total. The van der Waals surface area contributed by atoms with Gasteiger partial charge in [0.2, 0.25) is 0 Å². The average Bonchev–Trinajstić information content (AvgIpc) is 3.52. The summed E-state index contributed by atoms with van der Waals surface area (Å²) in [6.07, 6.45) is -0.644. The zero-order valence-corrected chi connectivity index (χ0v) is 19.9. The first-order valence-corrected chi connectivity index (χ1v) is 12.1. The summed E-state index contributed by atoms with van der Waals surface area (Å²) >= 11 is 0. The molecule has 0 spiro atoms. The summed E-state index contributed by atoms with van der Waals surface area (Å²) in [5.41, 5.74) is 2.54. The first-order valence-electron chi connectivity index (χ1n) is 12.1. The number of piperazine rings is 1. The van der Waals surface area contributed by atoms with Gasteiger partial charge >= 0.3 is 0 Å². The molecule has 1 aliphatic heterocycles. The number of aromatic nitrogens is 3. The lowest BCUT2D eigenvalue weighted by Gasteiger charge is -2.35. The fourth-order valence-electron chi connectivity index (χ4n) is 4.73. The molecule has 3 heterocycles. The van der Waals surface area contributed by atoms with E-state index in [4.69, 9.17) is 9.26 Å². The SMILES string of the molecule is OC(COc1ccc(-c2noc3cc(F)ccc23)cc1)CN1CCN(c2n[nH]c3cc(F)ccc23)CC1. The number of aliphatic hydroxyl groups is 1. The molecule has 3 aromatic carbocycles. The molecular formula is C27H25F2N5O3. The molecule has 1 atom stereocenters. The summed E-state index contributed by atoms with van der Waals surface area (Å²) < 4.78 is 37.9. The number of H-pyrrole nitrogens is 1. The van der Waals surface area contributed by atoms with Crippen LogP contribution in [0.5, 0.6) is 5.75 Å². The van der Waals surface area contributed by atoms with E-state index in [0.29, 0.717) is 29.1 Å². The van der Waals surface area contributed by atoms with Crippen molar-refractivity contribution in [3.05, 3.63) is 72.3 Å². The molecule has 0 aliphatic carbocycles. The van der Waals surface area contributed by atoms with E-state index in [1.165, 1.54) is 24.3 Å². The molecule has 0 radical (unpaired) electrons. The Morgan fingerprint density at radius 1 is 0.946 bits per heavy atom. The van der Waals surface area contributed by atoms with E-state index >= 15 is 0 Å². The molecule has 1 unspecified atom stereocenters. The van der Waals surface area contributed by atoms with Gasteiger partial charge < -0.3 is 19.3 Å². The summed E-state index contributed by atoms with van der Waals surface area (Å²) in [6, 6.07) is 16.3. The molecule has 1 fully saturated rings. The van der Waals surface area contributed by atoms with Crippen LogP contribution in [-0.4, -0.2) is 70.8 Å². The van der Waals surface area contributed by atoms with Crippen molar-refractivity contribution in [2.24, 2.45) is 0 Å². The van der Waals surface area contributed by atoms with E-state index in [1.54, 1.807) is 12.1 Å². The number of rotatable bonds is 7. The molecule has 0 amide bonds. The van der Waals surface area contributed by atoms with Crippen LogP contribution < -0.4 is 9.64 Å². The normalized spacial score (nSPS) is 15.5. The van der Waals surface area contributed by atoms with E-state index in [1.807, 2.05) is 24.3 Å². The lowest BCUT2D eigenvalue weighted by atomic mass is 10.1. The minimum Gasteiger partial charge on any atom is -0.491 e. The molecule has 1 aliphatic rings. The largest absolute Gasteiger partial charge is 0.491 e. The van der Waals surface area contributed by atoms with Gasteiger partial charge in [0, 0.05) is 55.1 Å². The van der Waals surface area contributed by atoms with Crippen molar-refractivity contribution in [1.29, 1.82) is 0 Å². The number of aliphatic hydroxyl groups excluding tert-OH is 1. The molecule has 0 bridgehead atoms. The smallest absolute Gasteiger partial charge is 0.170 e. The van der Waals surface area contributed by atoms with Gasteiger partial charge in [-0.3, -0.25) is 10.00 Å². The second-order valence-electron chi connectivity index (χ2n) is 9.19. The number of anilines is 1. The van der Waals surface area contributed by atoms with Gasteiger partial charge in [0.1, 0.15) is 35.8 Å². The number of hydrogen-bond donors (Lipinski definition) is 2. The van der Waals surface area contributed by atoms with Crippen molar-refractivity contribution < 1.29 is 23.1 Å². The number of ether oxygens (including phenoxy) is 1. The van der Waals surface area contributed by atoms with Crippen LogP contribution in [0.1, 0.15) is 0 Å². The molecule has 2 aromatic heterocycles. The van der Waals surface area contributed by atoms with Gasteiger partial charge in [0.25, 0.3) is 0 Å². The highest BCUT2D eigenvalue weighted by Gasteiger charge is 2.22. The number of halogens is 2. The number of aromatic amines is 1. The van der Waals surface area contributed by atoms with Gasteiger partial charge in [0.05, 0.1) is 5.52 Å². The van der Waals surface area contributed by atoms with Crippen LogP contribution in [0.3, 0.4) is 0 Å². The third kappa shape index (κ3) is 4.85. The number of nitrogens with one attached hydrogen (secondary N) is 1. The van der Waals surface area contributed by atoms with Crippen molar-refractivity contribution in [2.75, 3.05) is 44.2 Å². The van der Waals surface area contributed by atoms with Gasteiger partial charge in [0.15, 0.2) is 11.4 Å². The second kappa shape index (κ2) is 9.79. The van der Waals surface area contributed by atoms with Crippen molar-refractivity contribution in [2.45, 2.75) is 6.10 Å². The van der Waals surface area contributed by atoms with Crippen LogP contribution in [0, 0.1) is 11.6 Å². The van der Waals surface area contributed by atoms with Gasteiger partial charge in [-0.25, -0.2) is 8.78 Å². The Morgan fingerprint density at radius 2 is 1.68 bits per heavy atom. The van der Waals surface area contributed by atoms with Crippen molar-refractivity contribution in [1.82, 2.24) is 20.3 Å². The molecule has 0 saturated carbocycles. The number of β-amino-alcohol motifs (C(OH)–C–C–N with tert-alkyl or cyclic N) is 1. The Hall–Kier alpha value is -4.02. The highest BCUT2D eigenvalue weighted by Crippen LogP contribution is 2.30. The molecule has 10 heteroatoms. The Morgan fingerprint density at radius 3 is 2.46 bits per heavy atom. The summed E-state index contributed by atoms with van der Waals surface area (Å²) in [6.45, 7) is 3.74. The molecule has 6 rings (SSSR count). The minimum atomic E-state index is -0.644. The second-order valence-corrected chi connectivity index (χ2v) is 9.19. The Balaban J connectivity index is 1.000. The zero-order chi connectivity index (χ0) is 25.4. The van der Waals surface area contributed by atoms with E-state index in [-0.39, 0.29) is 18.2 Å². The monoisotopic (exact) mass is 505 g/mol. The van der Waals surface area contributed by atoms with Crippen LogP contribution >= 0.6 is 0 Å². The molecule has 190 valence electrons. The molecular weight excluding hydrogens is 480 g/mol. The lowest BCUT2D eigenvalue weighted by Crippen LogP contribution is -2.49. The Kier molecular flexibility index (Phi) is 6.19. The zero-order valence-electron chi connectivity index (χ0n) is 19.9. The van der Waals surface area contributed by atoms with Crippen LogP contribution in [-0.2, 0) is 0 Å². The maximum atomic E-state index is 13.5. The van der Waals surface area contributed by atoms with E-state index in [9.17, 15) is 13.9 Å². The van der Waals surface area contributed by atoms with Crippen LogP contribution in [0.4, 0.5) is 14.6 Å². The van der Waals surface area contributed by atoms with Crippen molar-refractivity contribution >= 4 is 27.7 Å². The van der Waals surface area contributed by atoms with Gasteiger partial charge in [-0.2, -0.15) is 5.10 Å². The topological polar surface area (TPSA) is 90.7 Å². The predicted octanol–water partition coefficient (Wildman–Crippen LogP) is 4.21. The molecule has 8 nitrogen and oxygen atoms in total.